The van der Waals surface area contributed by atoms with Gasteiger partial charge in [0, 0.05) is 42.5 Å². The van der Waals surface area contributed by atoms with Gasteiger partial charge >= 0.3 is 0 Å². The maximum atomic E-state index is 5.52. The van der Waals surface area contributed by atoms with Crippen LogP contribution < -0.4 is 5.32 Å². The Kier molecular flexibility index (Phi) is 6.49. The van der Waals surface area contributed by atoms with Gasteiger partial charge in [-0.2, -0.15) is 0 Å². The smallest absolute Gasteiger partial charge is 0.0593 e. The molecule has 3 nitrogen and oxygen atoms in total. The van der Waals surface area contributed by atoms with E-state index in [4.69, 9.17) is 4.74 Å². The van der Waals surface area contributed by atoms with Crippen LogP contribution in [0, 0.1) is 12.8 Å². The maximum Gasteiger partial charge on any atom is 0.0593 e. The summed E-state index contributed by atoms with van der Waals surface area (Å²) >= 11 is 1.94. The van der Waals surface area contributed by atoms with Gasteiger partial charge in [-0.05, 0) is 37.4 Å². The molecule has 1 aliphatic rings. The molecule has 1 N–H and O–H groups in total. The van der Waals surface area contributed by atoms with Gasteiger partial charge in [0.05, 0.1) is 6.61 Å². The minimum absolute atomic E-state index is 0.715. The minimum atomic E-state index is 0.715. The monoisotopic (exact) mass is 296 g/mol. The number of aryl methyl sites for hydroxylation is 1. The molecule has 4 heteroatoms. The predicted octanol–water partition coefficient (Wildman–Crippen LogP) is 3.02. The van der Waals surface area contributed by atoms with Crippen molar-refractivity contribution in [2.24, 2.45) is 5.92 Å². The Morgan fingerprint density at radius 1 is 1.35 bits per heavy atom. The van der Waals surface area contributed by atoms with Crippen molar-refractivity contribution in [2.45, 2.75) is 40.3 Å². The van der Waals surface area contributed by atoms with Crippen molar-refractivity contribution >= 4 is 11.3 Å². The van der Waals surface area contributed by atoms with E-state index in [1.165, 1.54) is 15.3 Å². The SMILES string of the molecule is Cc1sc(CNCC(C)C)cc1CN1CCCOCC1. The molecule has 0 aromatic carbocycles. The summed E-state index contributed by atoms with van der Waals surface area (Å²) in [6, 6.07) is 2.39. The highest BCUT2D eigenvalue weighted by Gasteiger charge is 2.13. The van der Waals surface area contributed by atoms with Crippen molar-refractivity contribution in [1.82, 2.24) is 10.2 Å². The van der Waals surface area contributed by atoms with E-state index in [0.29, 0.717) is 5.92 Å². The van der Waals surface area contributed by atoms with E-state index < -0.39 is 0 Å². The fourth-order valence-electron chi connectivity index (χ4n) is 2.51. The summed E-state index contributed by atoms with van der Waals surface area (Å²) < 4.78 is 5.52. The molecule has 1 aromatic rings. The molecule has 0 amide bonds. The van der Waals surface area contributed by atoms with Gasteiger partial charge in [-0.25, -0.2) is 0 Å². The highest BCUT2D eigenvalue weighted by atomic mass is 32.1. The number of nitrogens with zero attached hydrogens (tertiary/aromatic N) is 1. The number of hydrogen-bond acceptors (Lipinski definition) is 4. The van der Waals surface area contributed by atoms with Crippen LogP contribution in [-0.4, -0.2) is 37.7 Å². The van der Waals surface area contributed by atoms with Crippen LogP contribution in [0.5, 0.6) is 0 Å². The number of hydrogen-bond donors (Lipinski definition) is 1. The van der Waals surface area contributed by atoms with Gasteiger partial charge < -0.3 is 10.1 Å². The third-order valence-corrected chi connectivity index (χ3v) is 4.73. The second-order valence-corrected chi connectivity index (χ2v) is 7.40. The third kappa shape index (κ3) is 5.17. The summed E-state index contributed by atoms with van der Waals surface area (Å²) in [5.74, 6) is 0.715. The van der Waals surface area contributed by atoms with E-state index in [2.05, 4.69) is 37.1 Å². The highest BCUT2D eigenvalue weighted by molar-refractivity contribution is 7.12. The zero-order valence-electron chi connectivity index (χ0n) is 13.1. The van der Waals surface area contributed by atoms with E-state index in [-0.39, 0.29) is 0 Å². The van der Waals surface area contributed by atoms with E-state index >= 15 is 0 Å². The maximum absolute atomic E-state index is 5.52. The summed E-state index contributed by atoms with van der Waals surface area (Å²) in [5.41, 5.74) is 1.50. The quantitative estimate of drug-likeness (QED) is 0.873. The van der Waals surface area contributed by atoms with Crippen molar-refractivity contribution in [3.05, 3.63) is 21.4 Å². The average molecular weight is 296 g/mol. The Bertz CT molecular complexity index is 395. The van der Waals surface area contributed by atoms with Crippen LogP contribution in [0.2, 0.25) is 0 Å². The van der Waals surface area contributed by atoms with Crippen LogP contribution in [0.1, 0.15) is 35.6 Å². The molecule has 0 spiro atoms. The number of rotatable bonds is 6. The molecule has 0 aliphatic carbocycles. The molecule has 0 saturated carbocycles. The lowest BCUT2D eigenvalue weighted by molar-refractivity contribution is 0.140. The molecule has 0 unspecified atom stereocenters. The molecular weight excluding hydrogens is 268 g/mol. The summed E-state index contributed by atoms with van der Waals surface area (Å²) in [6.07, 6.45) is 1.16. The molecule has 2 heterocycles. The topological polar surface area (TPSA) is 24.5 Å². The van der Waals surface area contributed by atoms with Crippen molar-refractivity contribution in [3.63, 3.8) is 0 Å². The standard InChI is InChI=1S/C16H28N2OS/c1-13(2)10-17-11-16-9-15(14(3)20-16)12-18-5-4-7-19-8-6-18/h9,13,17H,4-8,10-12H2,1-3H3. The largest absolute Gasteiger partial charge is 0.380 e. The van der Waals surface area contributed by atoms with Gasteiger partial charge in [0.15, 0.2) is 0 Å². The minimum Gasteiger partial charge on any atom is -0.380 e. The molecule has 20 heavy (non-hydrogen) atoms. The van der Waals surface area contributed by atoms with Crippen LogP contribution >= 0.6 is 11.3 Å². The van der Waals surface area contributed by atoms with Crippen LogP contribution in [0.4, 0.5) is 0 Å². The molecule has 1 aliphatic heterocycles. The molecule has 1 aromatic heterocycles. The van der Waals surface area contributed by atoms with Crippen molar-refractivity contribution in [1.29, 1.82) is 0 Å². The summed E-state index contributed by atoms with van der Waals surface area (Å²) in [4.78, 5) is 5.45. The summed E-state index contributed by atoms with van der Waals surface area (Å²) in [7, 11) is 0. The fourth-order valence-corrected chi connectivity index (χ4v) is 3.54. The van der Waals surface area contributed by atoms with Crippen molar-refractivity contribution in [3.8, 4) is 0 Å². The molecule has 0 bridgehead atoms. The Morgan fingerprint density at radius 3 is 3.00 bits per heavy atom. The molecule has 1 saturated heterocycles. The fraction of sp³-hybridized carbons (Fsp3) is 0.750. The number of nitrogens with one attached hydrogen (secondary N) is 1. The lowest BCUT2D eigenvalue weighted by Crippen LogP contribution is -2.25. The average Bonchev–Trinajstić information content (AvgIpc) is 2.61. The van der Waals surface area contributed by atoms with Crippen LogP contribution in [0.15, 0.2) is 6.07 Å². The first-order chi connectivity index (χ1) is 9.65. The third-order valence-electron chi connectivity index (χ3n) is 3.63. The number of ether oxygens (including phenoxy) is 1. The Hall–Kier alpha value is -0.420. The van der Waals surface area contributed by atoms with Crippen LogP contribution in [0.25, 0.3) is 0 Å². The van der Waals surface area contributed by atoms with Crippen molar-refractivity contribution < 1.29 is 4.74 Å². The molecule has 0 atom stereocenters. The van der Waals surface area contributed by atoms with Crippen molar-refractivity contribution in [2.75, 3.05) is 32.8 Å². The molecular formula is C16H28N2OS. The molecule has 0 radical (unpaired) electrons. The summed E-state index contributed by atoms with van der Waals surface area (Å²) in [5, 5.41) is 3.53. The second kappa shape index (κ2) is 8.13. The molecule has 2 rings (SSSR count). The van der Waals surface area contributed by atoms with Gasteiger partial charge in [-0.15, -0.1) is 11.3 Å². The molecule has 114 valence electrons. The zero-order chi connectivity index (χ0) is 14.4. The predicted molar refractivity (Wildman–Crippen MR) is 86.3 cm³/mol. The van der Waals surface area contributed by atoms with E-state index in [1.54, 1.807) is 0 Å². The Labute approximate surface area is 127 Å². The van der Waals surface area contributed by atoms with Gasteiger partial charge in [0.1, 0.15) is 0 Å². The number of thiophene rings is 1. The lowest BCUT2D eigenvalue weighted by Gasteiger charge is -2.18. The van der Waals surface area contributed by atoms with Gasteiger partial charge in [-0.1, -0.05) is 13.8 Å². The van der Waals surface area contributed by atoms with Gasteiger partial charge in [-0.3, -0.25) is 4.90 Å². The first-order valence-corrected chi connectivity index (χ1v) is 8.56. The van der Waals surface area contributed by atoms with Crippen LogP contribution in [0.3, 0.4) is 0 Å². The lowest BCUT2D eigenvalue weighted by atomic mass is 10.2. The van der Waals surface area contributed by atoms with E-state index in [0.717, 1.165) is 52.4 Å². The first kappa shape index (κ1) is 16.0. The van der Waals surface area contributed by atoms with E-state index in [9.17, 15) is 0 Å². The first-order valence-electron chi connectivity index (χ1n) is 7.74. The van der Waals surface area contributed by atoms with Gasteiger partial charge in [0.25, 0.3) is 0 Å². The van der Waals surface area contributed by atoms with Gasteiger partial charge in [0.2, 0.25) is 0 Å². The Morgan fingerprint density at radius 2 is 2.20 bits per heavy atom. The second-order valence-electron chi connectivity index (χ2n) is 6.06. The normalized spacial score (nSPS) is 17.6. The van der Waals surface area contributed by atoms with E-state index in [1.807, 2.05) is 11.3 Å². The molecule has 1 fully saturated rings. The van der Waals surface area contributed by atoms with Crippen LogP contribution in [-0.2, 0) is 17.8 Å². The highest BCUT2D eigenvalue weighted by Crippen LogP contribution is 2.23. The summed E-state index contributed by atoms with van der Waals surface area (Å²) in [6.45, 7) is 14.0. The Balaban J connectivity index is 1.86. The zero-order valence-corrected chi connectivity index (χ0v) is 13.9.